The monoisotopic (exact) mass is 300 g/mol. The van der Waals surface area contributed by atoms with Crippen LogP contribution in [0.1, 0.15) is 41.8 Å². The summed E-state index contributed by atoms with van der Waals surface area (Å²) in [6.45, 7) is 1.73. The fourth-order valence-electron chi connectivity index (χ4n) is 2.95. The third-order valence-corrected chi connectivity index (χ3v) is 4.18. The molecule has 0 spiro atoms. The van der Waals surface area contributed by atoms with Crippen LogP contribution in [0, 0.1) is 6.92 Å². The molecule has 1 aliphatic carbocycles. The molecule has 2 unspecified atom stereocenters. The fraction of sp³-hybridized carbons (Fsp3) is 0.412. The third kappa shape index (κ3) is 2.90. The van der Waals surface area contributed by atoms with E-state index in [9.17, 15) is 9.90 Å². The molecule has 3 rings (SSSR count). The van der Waals surface area contributed by atoms with Gasteiger partial charge in [-0.25, -0.2) is 0 Å². The van der Waals surface area contributed by atoms with Crippen molar-refractivity contribution in [3.63, 3.8) is 0 Å². The zero-order valence-electron chi connectivity index (χ0n) is 12.6. The summed E-state index contributed by atoms with van der Waals surface area (Å²) < 4.78 is 5.21. The lowest BCUT2D eigenvalue weighted by molar-refractivity contribution is 0.0716. The molecule has 5 heteroatoms. The Bertz CT molecular complexity index is 651. The molecule has 1 aromatic carbocycles. The Morgan fingerprint density at radius 3 is 2.73 bits per heavy atom. The molecule has 0 aliphatic heterocycles. The Kier molecular flexibility index (Phi) is 4.24. The lowest BCUT2D eigenvalue weighted by Gasteiger charge is -2.28. The van der Waals surface area contributed by atoms with Gasteiger partial charge in [0.1, 0.15) is 17.0 Å². The van der Waals surface area contributed by atoms with Crippen LogP contribution in [-0.4, -0.2) is 28.3 Å². The van der Waals surface area contributed by atoms with E-state index in [4.69, 9.17) is 4.52 Å². The summed E-state index contributed by atoms with van der Waals surface area (Å²) in [5.74, 6) is 0.255. The molecule has 1 saturated carbocycles. The molecule has 5 nitrogen and oxygen atoms in total. The van der Waals surface area contributed by atoms with E-state index in [0.717, 1.165) is 31.2 Å². The minimum Gasteiger partial charge on any atom is -0.391 e. The van der Waals surface area contributed by atoms with Crippen LogP contribution in [0.5, 0.6) is 0 Å². The van der Waals surface area contributed by atoms with Gasteiger partial charge < -0.3 is 14.9 Å². The summed E-state index contributed by atoms with van der Waals surface area (Å²) in [5, 5.41) is 17.0. The van der Waals surface area contributed by atoms with Gasteiger partial charge in [0, 0.05) is 5.56 Å². The lowest BCUT2D eigenvalue weighted by atomic mass is 9.92. The van der Waals surface area contributed by atoms with Crippen molar-refractivity contribution in [2.75, 3.05) is 0 Å². The maximum absolute atomic E-state index is 12.6. The zero-order valence-corrected chi connectivity index (χ0v) is 12.6. The standard InChI is InChI=1S/C17H20N2O3/c1-11-15(16(19-22-11)12-7-3-2-4-8-12)17(21)18-13-9-5-6-10-14(13)20/h2-4,7-8,13-14,20H,5-6,9-10H2,1H3,(H,18,21). The minimum absolute atomic E-state index is 0.195. The Morgan fingerprint density at radius 2 is 2.00 bits per heavy atom. The number of aromatic nitrogens is 1. The highest BCUT2D eigenvalue weighted by Crippen LogP contribution is 2.26. The zero-order chi connectivity index (χ0) is 15.5. The Balaban J connectivity index is 1.85. The molecule has 2 atom stereocenters. The van der Waals surface area contributed by atoms with E-state index >= 15 is 0 Å². The summed E-state index contributed by atoms with van der Waals surface area (Å²) in [4.78, 5) is 12.6. The number of nitrogens with one attached hydrogen (secondary N) is 1. The molecular weight excluding hydrogens is 280 g/mol. The lowest BCUT2D eigenvalue weighted by Crippen LogP contribution is -2.45. The van der Waals surface area contributed by atoms with Crippen LogP contribution >= 0.6 is 0 Å². The van der Waals surface area contributed by atoms with E-state index in [2.05, 4.69) is 10.5 Å². The highest BCUT2D eigenvalue weighted by atomic mass is 16.5. The predicted octanol–water partition coefficient (Wildman–Crippen LogP) is 2.68. The number of carbonyl (C=O) groups is 1. The average Bonchev–Trinajstić information content (AvgIpc) is 2.92. The summed E-state index contributed by atoms with van der Waals surface area (Å²) >= 11 is 0. The molecule has 2 N–H and O–H groups in total. The van der Waals surface area contributed by atoms with Crippen molar-refractivity contribution in [1.82, 2.24) is 10.5 Å². The molecule has 0 radical (unpaired) electrons. The van der Waals surface area contributed by atoms with Gasteiger partial charge in [-0.05, 0) is 19.8 Å². The first-order valence-corrected chi connectivity index (χ1v) is 7.67. The van der Waals surface area contributed by atoms with Crippen LogP contribution in [0.2, 0.25) is 0 Å². The van der Waals surface area contributed by atoms with Crippen LogP contribution in [0.15, 0.2) is 34.9 Å². The summed E-state index contributed by atoms with van der Waals surface area (Å²) in [7, 11) is 0. The average molecular weight is 300 g/mol. The second-order valence-electron chi connectivity index (χ2n) is 5.76. The van der Waals surface area contributed by atoms with Gasteiger partial charge in [0.25, 0.3) is 5.91 Å². The first-order valence-electron chi connectivity index (χ1n) is 7.67. The normalized spacial score (nSPS) is 21.5. The Labute approximate surface area is 129 Å². The molecule has 1 aromatic heterocycles. The Hall–Kier alpha value is -2.14. The molecule has 1 heterocycles. The van der Waals surface area contributed by atoms with Gasteiger partial charge in [0.2, 0.25) is 0 Å². The molecule has 1 aliphatic rings. The van der Waals surface area contributed by atoms with Crippen molar-refractivity contribution in [3.8, 4) is 11.3 Å². The largest absolute Gasteiger partial charge is 0.391 e. The fourth-order valence-corrected chi connectivity index (χ4v) is 2.95. The molecule has 22 heavy (non-hydrogen) atoms. The van der Waals surface area contributed by atoms with E-state index in [1.807, 2.05) is 30.3 Å². The number of carbonyl (C=O) groups excluding carboxylic acids is 1. The van der Waals surface area contributed by atoms with Crippen molar-refractivity contribution in [3.05, 3.63) is 41.7 Å². The van der Waals surface area contributed by atoms with Crippen molar-refractivity contribution in [1.29, 1.82) is 0 Å². The maximum atomic E-state index is 12.6. The van der Waals surface area contributed by atoms with Gasteiger partial charge in [-0.1, -0.05) is 48.3 Å². The molecule has 1 amide bonds. The number of aliphatic hydroxyl groups is 1. The second kappa shape index (κ2) is 6.32. The van der Waals surface area contributed by atoms with Crippen LogP contribution in [0.3, 0.4) is 0 Å². The summed E-state index contributed by atoms with van der Waals surface area (Å²) in [6, 6.07) is 9.29. The summed E-state index contributed by atoms with van der Waals surface area (Å²) in [6.07, 6.45) is 3.10. The van der Waals surface area contributed by atoms with Crippen LogP contribution in [-0.2, 0) is 0 Å². The van der Waals surface area contributed by atoms with Crippen LogP contribution in [0.25, 0.3) is 11.3 Å². The van der Waals surface area contributed by atoms with Gasteiger partial charge in [0.15, 0.2) is 0 Å². The number of hydrogen-bond donors (Lipinski definition) is 2. The van der Waals surface area contributed by atoms with Crippen LogP contribution in [0.4, 0.5) is 0 Å². The molecular formula is C17H20N2O3. The van der Waals surface area contributed by atoms with Gasteiger partial charge in [0.05, 0.1) is 12.1 Å². The molecule has 0 bridgehead atoms. The Morgan fingerprint density at radius 1 is 1.27 bits per heavy atom. The maximum Gasteiger partial charge on any atom is 0.257 e. The van der Waals surface area contributed by atoms with Gasteiger partial charge in [-0.3, -0.25) is 4.79 Å². The van der Waals surface area contributed by atoms with E-state index in [-0.39, 0.29) is 11.9 Å². The predicted molar refractivity (Wildman–Crippen MR) is 82.4 cm³/mol. The number of amides is 1. The number of benzene rings is 1. The SMILES string of the molecule is Cc1onc(-c2ccccc2)c1C(=O)NC1CCCCC1O. The molecule has 116 valence electrons. The van der Waals surface area contributed by atoms with E-state index in [1.165, 1.54) is 0 Å². The molecule has 1 fully saturated rings. The van der Waals surface area contributed by atoms with Crippen molar-refractivity contribution >= 4 is 5.91 Å². The number of aliphatic hydroxyl groups excluding tert-OH is 1. The van der Waals surface area contributed by atoms with Crippen molar-refractivity contribution in [2.45, 2.75) is 44.8 Å². The number of rotatable bonds is 3. The van der Waals surface area contributed by atoms with Crippen LogP contribution < -0.4 is 5.32 Å². The number of aryl methyl sites for hydroxylation is 1. The third-order valence-electron chi connectivity index (χ3n) is 4.18. The summed E-state index contributed by atoms with van der Waals surface area (Å²) in [5.41, 5.74) is 1.83. The minimum atomic E-state index is -0.474. The van der Waals surface area contributed by atoms with Gasteiger partial charge in [-0.2, -0.15) is 0 Å². The molecule has 2 aromatic rings. The first-order chi connectivity index (χ1) is 10.7. The molecule has 0 saturated heterocycles. The second-order valence-corrected chi connectivity index (χ2v) is 5.76. The van der Waals surface area contributed by atoms with Crippen molar-refractivity contribution in [2.24, 2.45) is 0 Å². The van der Waals surface area contributed by atoms with Crippen molar-refractivity contribution < 1.29 is 14.4 Å². The topological polar surface area (TPSA) is 75.4 Å². The number of hydrogen-bond acceptors (Lipinski definition) is 4. The quantitative estimate of drug-likeness (QED) is 0.914. The number of nitrogens with zero attached hydrogens (tertiary/aromatic N) is 1. The first kappa shape index (κ1) is 14.8. The van der Waals surface area contributed by atoms with E-state index < -0.39 is 6.10 Å². The van der Waals surface area contributed by atoms with Gasteiger partial charge in [-0.15, -0.1) is 0 Å². The highest BCUT2D eigenvalue weighted by molar-refractivity contribution is 6.00. The van der Waals surface area contributed by atoms with E-state index in [0.29, 0.717) is 17.0 Å². The smallest absolute Gasteiger partial charge is 0.257 e. The van der Waals surface area contributed by atoms with Gasteiger partial charge >= 0.3 is 0 Å². The highest BCUT2D eigenvalue weighted by Gasteiger charge is 2.28. The van der Waals surface area contributed by atoms with E-state index in [1.54, 1.807) is 6.92 Å².